The Balaban J connectivity index is 2.30. The molecule has 0 heterocycles. The fourth-order valence-corrected chi connectivity index (χ4v) is 1.62. The molecule has 0 N–H and O–H groups in total. The highest BCUT2D eigenvalue weighted by Gasteiger charge is 1.94. The van der Waals surface area contributed by atoms with Gasteiger partial charge in [0.15, 0.2) is 0 Å². The maximum atomic E-state index is 3.96. The predicted molar refractivity (Wildman–Crippen MR) is 66.0 cm³/mol. The van der Waals surface area contributed by atoms with Gasteiger partial charge in [-0.15, -0.1) is 0 Å². The molecule has 0 aliphatic carbocycles. The average molecular weight is 194 g/mol. The van der Waals surface area contributed by atoms with Crippen molar-refractivity contribution in [3.8, 4) is 0 Å². The third kappa shape index (κ3) is 2.35. The van der Waals surface area contributed by atoms with Crippen molar-refractivity contribution in [2.75, 3.05) is 0 Å². The van der Waals surface area contributed by atoms with Gasteiger partial charge < -0.3 is 0 Å². The highest BCUT2D eigenvalue weighted by atomic mass is 14.0. The lowest BCUT2D eigenvalue weighted by atomic mass is 10.0. The molecule has 74 valence electrons. The van der Waals surface area contributed by atoms with E-state index in [-0.39, 0.29) is 0 Å². The van der Waals surface area contributed by atoms with Gasteiger partial charge in [0.2, 0.25) is 0 Å². The summed E-state index contributed by atoms with van der Waals surface area (Å²) in [5.41, 5.74) is 2.62. The molecule has 0 aliphatic heterocycles. The van der Waals surface area contributed by atoms with Crippen LogP contribution in [0.1, 0.15) is 11.1 Å². The van der Waals surface area contributed by atoms with E-state index in [4.69, 9.17) is 0 Å². The number of benzene rings is 2. The lowest BCUT2D eigenvalue weighted by Crippen LogP contribution is -2.21. The number of hydrogen-bond donors (Lipinski definition) is 0. The van der Waals surface area contributed by atoms with Crippen LogP contribution in [-0.2, 0) is 6.42 Å². The Hall–Kier alpha value is -1.82. The van der Waals surface area contributed by atoms with Crippen molar-refractivity contribution in [2.45, 2.75) is 6.42 Å². The van der Waals surface area contributed by atoms with E-state index in [1.54, 1.807) is 0 Å². The van der Waals surface area contributed by atoms with Crippen LogP contribution in [-0.4, -0.2) is 0 Å². The molecule has 0 amide bonds. The Morgan fingerprint density at radius 2 is 1.47 bits per heavy atom. The summed E-state index contributed by atoms with van der Waals surface area (Å²) in [6, 6.07) is 16.7. The maximum Gasteiger partial charge on any atom is -0.00256 e. The van der Waals surface area contributed by atoms with Crippen LogP contribution < -0.4 is 10.4 Å². The molecule has 2 rings (SSSR count). The van der Waals surface area contributed by atoms with Crippen molar-refractivity contribution in [1.82, 2.24) is 0 Å². The first-order valence-corrected chi connectivity index (χ1v) is 5.06. The second kappa shape index (κ2) is 4.14. The minimum atomic E-state index is 0.962. The Morgan fingerprint density at radius 1 is 0.733 bits per heavy atom. The Bertz CT molecular complexity index is 538. The van der Waals surface area contributed by atoms with E-state index in [1.165, 1.54) is 11.1 Å². The molecular formula is C15H14. The van der Waals surface area contributed by atoms with Crippen LogP contribution in [0.5, 0.6) is 0 Å². The van der Waals surface area contributed by atoms with Gasteiger partial charge in [-0.1, -0.05) is 61.7 Å². The van der Waals surface area contributed by atoms with Gasteiger partial charge in [-0.05, 0) is 28.0 Å². The van der Waals surface area contributed by atoms with E-state index in [1.807, 2.05) is 12.1 Å². The van der Waals surface area contributed by atoms with Gasteiger partial charge in [0.05, 0.1) is 0 Å². The van der Waals surface area contributed by atoms with Crippen LogP contribution in [0.2, 0.25) is 0 Å². The molecule has 0 atom stereocenters. The largest absolute Gasteiger partial charge is 0.0912 e. The van der Waals surface area contributed by atoms with E-state index in [2.05, 4.69) is 49.6 Å². The molecular weight excluding hydrogens is 180 g/mol. The summed E-state index contributed by atoms with van der Waals surface area (Å²) in [7, 11) is 0. The highest BCUT2D eigenvalue weighted by molar-refractivity contribution is 5.28. The molecule has 2 aromatic rings. The predicted octanol–water partition coefficient (Wildman–Crippen LogP) is 2.10. The topological polar surface area (TPSA) is 0 Å². The summed E-state index contributed by atoms with van der Waals surface area (Å²) in [6.45, 7) is 7.87. The van der Waals surface area contributed by atoms with Crippen molar-refractivity contribution >= 4 is 13.2 Å². The highest BCUT2D eigenvalue weighted by Crippen LogP contribution is 2.05. The second-order valence-electron chi connectivity index (χ2n) is 3.77. The van der Waals surface area contributed by atoms with Gasteiger partial charge >= 0.3 is 0 Å². The lowest BCUT2D eigenvalue weighted by molar-refractivity contribution is 1.18. The molecule has 0 bridgehead atoms. The van der Waals surface area contributed by atoms with Crippen LogP contribution >= 0.6 is 0 Å². The zero-order valence-electron chi connectivity index (χ0n) is 8.74. The molecule has 0 fully saturated rings. The standard InChI is InChI=1S/C15H14/c1-12-8-9-15(10-13(12)2)11-14-6-4-3-5-7-14/h3-10H,1-2,11H2. The summed E-state index contributed by atoms with van der Waals surface area (Å²) in [6.07, 6.45) is 0.962. The van der Waals surface area contributed by atoms with Gasteiger partial charge in [-0.2, -0.15) is 0 Å². The van der Waals surface area contributed by atoms with Crippen LogP contribution in [0.15, 0.2) is 48.5 Å². The molecule has 0 radical (unpaired) electrons. The molecule has 0 nitrogen and oxygen atoms in total. The first kappa shape index (κ1) is 9.72. The fraction of sp³-hybridized carbons (Fsp3) is 0.0667. The molecule has 0 saturated carbocycles. The molecule has 0 spiro atoms. The molecule has 2 aromatic carbocycles. The van der Waals surface area contributed by atoms with Gasteiger partial charge in [0.1, 0.15) is 0 Å². The van der Waals surface area contributed by atoms with Crippen LogP contribution in [0.25, 0.3) is 13.2 Å². The summed E-state index contributed by atoms with van der Waals surface area (Å²) in [5, 5.41) is 2.02. The summed E-state index contributed by atoms with van der Waals surface area (Å²) >= 11 is 0. The molecule has 0 saturated heterocycles. The molecule has 0 aliphatic rings. The van der Waals surface area contributed by atoms with Crippen molar-refractivity contribution < 1.29 is 0 Å². The van der Waals surface area contributed by atoms with E-state index in [9.17, 15) is 0 Å². The molecule has 0 aromatic heterocycles. The minimum absolute atomic E-state index is 0.962. The zero-order valence-corrected chi connectivity index (χ0v) is 8.74. The monoisotopic (exact) mass is 194 g/mol. The van der Waals surface area contributed by atoms with Gasteiger partial charge in [0, 0.05) is 0 Å². The van der Waals surface area contributed by atoms with Crippen LogP contribution in [0, 0.1) is 0 Å². The van der Waals surface area contributed by atoms with E-state index in [0.717, 1.165) is 16.9 Å². The first-order valence-electron chi connectivity index (χ1n) is 5.06. The third-order valence-corrected chi connectivity index (χ3v) is 2.52. The normalized spacial score (nSPS) is 10.1. The van der Waals surface area contributed by atoms with Gasteiger partial charge in [-0.3, -0.25) is 0 Å². The molecule has 15 heavy (non-hydrogen) atoms. The van der Waals surface area contributed by atoms with Crippen LogP contribution in [0.3, 0.4) is 0 Å². The van der Waals surface area contributed by atoms with Gasteiger partial charge in [0.25, 0.3) is 0 Å². The van der Waals surface area contributed by atoms with Crippen molar-refractivity contribution in [3.05, 3.63) is 70.1 Å². The smallest absolute Gasteiger partial charge is 0.00256 e. The summed E-state index contributed by atoms with van der Waals surface area (Å²) < 4.78 is 0. The van der Waals surface area contributed by atoms with Crippen molar-refractivity contribution in [1.29, 1.82) is 0 Å². The third-order valence-electron chi connectivity index (χ3n) is 2.52. The van der Waals surface area contributed by atoms with Crippen molar-refractivity contribution in [3.63, 3.8) is 0 Å². The molecule has 0 heteroatoms. The van der Waals surface area contributed by atoms with Gasteiger partial charge in [-0.25, -0.2) is 0 Å². The Labute approximate surface area is 90.2 Å². The van der Waals surface area contributed by atoms with Crippen LogP contribution in [0.4, 0.5) is 0 Å². The summed E-state index contributed by atoms with van der Waals surface area (Å²) in [5.74, 6) is 0. The Kier molecular flexibility index (Phi) is 2.68. The number of hydrogen-bond acceptors (Lipinski definition) is 0. The summed E-state index contributed by atoms with van der Waals surface area (Å²) in [4.78, 5) is 0. The van der Waals surface area contributed by atoms with E-state index in [0.29, 0.717) is 0 Å². The van der Waals surface area contributed by atoms with E-state index < -0.39 is 0 Å². The maximum absolute atomic E-state index is 3.96. The fourth-order valence-electron chi connectivity index (χ4n) is 1.62. The zero-order chi connectivity index (χ0) is 10.7. The number of rotatable bonds is 2. The molecule has 0 unspecified atom stereocenters. The SMILES string of the molecule is C=c1ccc(Cc2ccccc2)cc1=C. The van der Waals surface area contributed by atoms with Crippen molar-refractivity contribution in [2.24, 2.45) is 0 Å². The average Bonchev–Trinajstić information content (AvgIpc) is 2.25. The minimum Gasteiger partial charge on any atom is -0.0912 e. The first-order chi connectivity index (χ1) is 7.25. The van der Waals surface area contributed by atoms with E-state index >= 15 is 0 Å². The quantitative estimate of drug-likeness (QED) is 0.687. The lowest BCUT2D eigenvalue weighted by Gasteiger charge is -2.01. The second-order valence-corrected chi connectivity index (χ2v) is 3.77. The Morgan fingerprint density at radius 3 is 2.13 bits per heavy atom.